The largest absolute Gasteiger partial charge is 0.492 e. The minimum atomic E-state index is -0.127. The van der Waals surface area contributed by atoms with Crippen LogP contribution in [0.4, 0.5) is 5.69 Å². The molecule has 29 heavy (non-hydrogen) atoms. The highest BCUT2D eigenvalue weighted by Gasteiger charge is 2.50. The average molecular weight is 395 g/mol. The zero-order chi connectivity index (χ0) is 19.8. The smallest absolute Gasteiger partial charge is 0.231 e. The zero-order valence-electron chi connectivity index (χ0n) is 17.4. The number of ether oxygens (including phenoxy) is 3. The van der Waals surface area contributed by atoms with Gasteiger partial charge in [-0.25, -0.2) is 0 Å². The molecule has 154 valence electrons. The number of rotatable bonds is 7. The molecule has 1 spiro atoms. The number of benzene rings is 2. The first kappa shape index (κ1) is 18.6. The summed E-state index contributed by atoms with van der Waals surface area (Å²) in [7, 11) is 0. The van der Waals surface area contributed by atoms with Crippen LogP contribution in [0.15, 0.2) is 36.4 Å². The maximum absolute atomic E-state index is 6.17. The monoisotopic (exact) mass is 394 g/mol. The van der Waals surface area contributed by atoms with Crippen LogP contribution in [0.2, 0.25) is 0 Å². The van der Waals surface area contributed by atoms with E-state index in [2.05, 4.69) is 54.4 Å². The van der Waals surface area contributed by atoms with Crippen LogP contribution < -0.4 is 24.4 Å². The first-order valence-electron chi connectivity index (χ1n) is 10.8. The number of fused-ring (bicyclic) bond motifs is 5. The van der Waals surface area contributed by atoms with Gasteiger partial charge in [-0.15, -0.1) is 0 Å². The molecule has 3 aliphatic heterocycles. The summed E-state index contributed by atoms with van der Waals surface area (Å²) in [4.78, 5) is 2.53. The summed E-state index contributed by atoms with van der Waals surface area (Å²) in [5.74, 6) is 3.31. The van der Waals surface area contributed by atoms with E-state index < -0.39 is 0 Å². The molecule has 5 nitrogen and oxygen atoms in total. The Labute approximate surface area is 173 Å². The van der Waals surface area contributed by atoms with Crippen LogP contribution in [0.1, 0.15) is 37.8 Å². The Bertz CT molecular complexity index is 898. The van der Waals surface area contributed by atoms with Crippen molar-refractivity contribution in [3.63, 3.8) is 0 Å². The van der Waals surface area contributed by atoms with Gasteiger partial charge in [0.15, 0.2) is 11.5 Å². The van der Waals surface area contributed by atoms with Crippen LogP contribution in [0, 0.1) is 5.92 Å². The van der Waals surface area contributed by atoms with Gasteiger partial charge in [0.05, 0.1) is 5.41 Å². The Kier molecular flexibility index (Phi) is 4.78. The lowest BCUT2D eigenvalue weighted by Crippen LogP contribution is -2.37. The molecule has 1 unspecified atom stereocenters. The molecular weight excluding hydrogens is 364 g/mol. The number of anilines is 1. The first-order chi connectivity index (χ1) is 14.2. The van der Waals surface area contributed by atoms with Crippen molar-refractivity contribution in [2.24, 2.45) is 5.92 Å². The lowest BCUT2D eigenvalue weighted by Gasteiger charge is -2.25. The van der Waals surface area contributed by atoms with Crippen LogP contribution in [0.25, 0.3) is 0 Å². The Morgan fingerprint density at radius 3 is 2.69 bits per heavy atom. The van der Waals surface area contributed by atoms with Gasteiger partial charge >= 0.3 is 0 Å². The molecule has 5 rings (SSSR count). The van der Waals surface area contributed by atoms with Crippen LogP contribution in [0.3, 0.4) is 0 Å². The van der Waals surface area contributed by atoms with Crippen molar-refractivity contribution in [1.29, 1.82) is 0 Å². The second kappa shape index (κ2) is 7.45. The first-order valence-corrected chi connectivity index (χ1v) is 10.8. The quantitative estimate of drug-likeness (QED) is 0.721. The summed E-state index contributed by atoms with van der Waals surface area (Å²) in [6.45, 7) is 9.67. The van der Waals surface area contributed by atoms with E-state index in [0.717, 1.165) is 55.8 Å². The van der Waals surface area contributed by atoms with Crippen LogP contribution in [0.5, 0.6) is 17.2 Å². The van der Waals surface area contributed by atoms with Gasteiger partial charge in [-0.05, 0) is 49.5 Å². The highest BCUT2D eigenvalue weighted by atomic mass is 16.7. The highest BCUT2D eigenvalue weighted by Crippen LogP contribution is 2.54. The molecule has 2 aromatic rings. The number of para-hydroxylation sites is 1. The average Bonchev–Trinajstić information content (AvgIpc) is 3.40. The molecule has 0 aromatic heterocycles. The molecule has 1 N–H and O–H groups in total. The van der Waals surface area contributed by atoms with Gasteiger partial charge in [0.25, 0.3) is 0 Å². The summed E-state index contributed by atoms with van der Waals surface area (Å²) in [5, 5.41) is 3.59. The van der Waals surface area contributed by atoms with E-state index in [1.807, 2.05) is 6.07 Å². The lowest BCUT2D eigenvalue weighted by molar-refractivity contribution is 0.173. The third-order valence-corrected chi connectivity index (χ3v) is 6.37. The van der Waals surface area contributed by atoms with Crippen molar-refractivity contribution < 1.29 is 14.2 Å². The molecule has 0 saturated heterocycles. The summed E-state index contributed by atoms with van der Waals surface area (Å²) in [5.41, 5.74) is 3.80. The zero-order valence-corrected chi connectivity index (χ0v) is 17.4. The fourth-order valence-electron chi connectivity index (χ4n) is 4.81. The molecule has 1 atom stereocenters. The van der Waals surface area contributed by atoms with Crippen molar-refractivity contribution in [3.8, 4) is 17.2 Å². The SMILES string of the molecule is CC(C)CCNCCCN1CC2(COc3cc4c(cc32)OCO4)c2ccccc21. The van der Waals surface area contributed by atoms with E-state index in [1.54, 1.807) is 0 Å². The van der Waals surface area contributed by atoms with E-state index >= 15 is 0 Å². The van der Waals surface area contributed by atoms with Crippen molar-refractivity contribution in [2.45, 2.75) is 32.1 Å². The second-order valence-corrected chi connectivity index (χ2v) is 8.80. The predicted octanol–water partition coefficient (Wildman–Crippen LogP) is 3.94. The third-order valence-electron chi connectivity index (χ3n) is 6.37. The minimum absolute atomic E-state index is 0.127. The minimum Gasteiger partial charge on any atom is -0.492 e. The molecule has 0 amide bonds. The second-order valence-electron chi connectivity index (χ2n) is 8.80. The van der Waals surface area contributed by atoms with E-state index in [-0.39, 0.29) is 12.2 Å². The molecule has 3 heterocycles. The summed E-state index contributed by atoms with van der Waals surface area (Å²) in [6.07, 6.45) is 2.37. The molecule has 0 radical (unpaired) electrons. The van der Waals surface area contributed by atoms with E-state index in [0.29, 0.717) is 6.61 Å². The molecule has 0 fully saturated rings. The standard InChI is InChI=1S/C24H30N2O3/c1-17(2)8-10-25-9-5-11-26-14-24(18-6-3-4-7-20(18)26)15-27-21-13-23-22(12-19(21)24)28-16-29-23/h3-4,6-7,12-13,17,25H,5,8-11,14-16H2,1-2H3. The highest BCUT2D eigenvalue weighted by molar-refractivity contribution is 5.70. The Hall–Kier alpha value is -2.40. The van der Waals surface area contributed by atoms with Crippen molar-refractivity contribution in [1.82, 2.24) is 5.32 Å². The maximum Gasteiger partial charge on any atom is 0.231 e. The van der Waals surface area contributed by atoms with Gasteiger partial charge in [0, 0.05) is 30.4 Å². The van der Waals surface area contributed by atoms with Gasteiger partial charge in [-0.2, -0.15) is 0 Å². The molecule has 0 bridgehead atoms. The van der Waals surface area contributed by atoms with Gasteiger partial charge in [0.1, 0.15) is 12.4 Å². The lowest BCUT2D eigenvalue weighted by atomic mass is 9.77. The Balaban J connectivity index is 1.35. The molecule has 5 heteroatoms. The van der Waals surface area contributed by atoms with E-state index in [1.165, 1.54) is 23.2 Å². The summed E-state index contributed by atoms with van der Waals surface area (Å²) < 4.78 is 17.4. The third kappa shape index (κ3) is 3.21. The number of nitrogens with one attached hydrogen (secondary N) is 1. The van der Waals surface area contributed by atoms with Gasteiger partial charge in [-0.3, -0.25) is 0 Å². The summed E-state index contributed by atoms with van der Waals surface area (Å²) >= 11 is 0. The molecule has 0 saturated carbocycles. The summed E-state index contributed by atoms with van der Waals surface area (Å²) in [6, 6.07) is 12.9. The van der Waals surface area contributed by atoms with Crippen molar-refractivity contribution >= 4 is 5.69 Å². The Morgan fingerprint density at radius 1 is 1.00 bits per heavy atom. The van der Waals surface area contributed by atoms with Crippen LogP contribution in [-0.2, 0) is 5.41 Å². The molecule has 0 aliphatic carbocycles. The number of nitrogens with zero attached hydrogens (tertiary/aromatic N) is 1. The van der Waals surface area contributed by atoms with E-state index in [4.69, 9.17) is 14.2 Å². The molecule has 3 aliphatic rings. The van der Waals surface area contributed by atoms with Crippen molar-refractivity contribution in [3.05, 3.63) is 47.5 Å². The normalized spacial score (nSPS) is 21.0. The van der Waals surface area contributed by atoms with Gasteiger partial charge in [-0.1, -0.05) is 32.0 Å². The molecular formula is C24H30N2O3. The predicted molar refractivity (Wildman–Crippen MR) is 114 cm³/mol. The van der Waals surface area contributed by atoms with E-state index in [9.17, 15) is 0 Å². The van der Waals surface area contributed by atoms with Gasteiger partial charge in [0.2, 0.25) is 6.79 Å². The van der Waals surface area contributed by atoms with Crippen LogP contribution in [-0.4, -0.2) is 39.6 Å². The maximum atomic E-state index is 6.17. The topological polar surface area (TPSA) is 43.0 Å². The number of hydrogen-bond acceptors (Lipinski definition) is 5. The van der Waals surface area contributed by atoms with Crippen LogP contribution >= 0.6 is 0 Å². The number of hydrogen-bond donors (Lipinski definition) is 1. The van der Waals surface area contributed by atoms with Crippen molar-refractivity contribution in [2.75, 3.05) is 44.5 Å². The Morgan fingerprint density at radius 2 is 1.83 bits per heavy atom. The fraction of sp³-hybridized carbons (Fsp3) is 0.500. The fourth-order valence-corrected chi connectivity index (χ4v) is 4.81. The molecule has 2 aromatic carbocycles. The van der Waals surface area contributed by atoms with Gasteiger partial charge < -0.3 is 24.4 Å².